The SMILES string of the molecule is COc1ccc(/C=C2\CCC/C(=C\c3ccc(OC)c(Cn4cccn4)c3)C2=O)cc1Cn1cccn1. The summed E-state index contributed by atoms with van der Waals surface area (Å²) in [6, 6.07) is 15.8. The van der Waals surface area contributed by atoms with Crippen molar-refractivity contribution >= 4 is 17.9 Å². The van der Waals surface area contributed by atoms with Gasteiger partial charge in [0.05, 0.1) is 27.3 Å². The molecular formula is C30H30N4O3. The van der Waals surface area contributed by atoms with Crippen LogP contribution in [0.4, 0.5) is 0 Å². The summed E-state index contributed by atoms with van der Waals surface area (Å²) in [7, 11) is 3.34. The van der Waals surface area contributed by atoms with E-state index >= 15 is 0 Å². The molecule has 2 aromatic heterocycles. The lowest BCUT2D eigenvalue weighted by molar-refractivity contribution is -0.112. The number of allylic oxidation sites excluding steroid dienone is 2. The van der Waals surface area contributed by atoms with E-state index in [1.54, 1.807) is 26.6 Å². The number of nitrogens with zero attached hydrogens (tertiary/aromatic N) is 4. The van der Waals surface area contributed by atoms with E-state index < -0.39 is 0 Å². The maximum atomic E-state index is 13.4. The van der Waals surface area contributed by atoms with E-state index in [1.807, 2.05) is 70.3 Å². The van der Waals surface area contributed by atoms with Crippen LogP contribution in [0.15, 0.2) is 84.5 Å². The number of carbonyl (C=O) groups excluding carboxylic acids is 1. The number of Topliss-reactive ketones (excluding diaryl/α,β-unsaturated/α-hetero) is 1. The summed E-state index contributed by atoms with van der Waals surface area (Å²) < 4.78 is 14.8. The summed E-state index contributed by atoms with van der Waals surface area (Å²) >= 11 is 0. The Hall–Kier alpha value is -4.39. The fourth-order valence-electron chi connectivity index (χ4n) is 4.74. The van der Waals surface area contributed by atoms with Crippen LogP contribution in [0, 0.1) is 0 Å². The van der Waals surface area contributed by atoms with Crippen molar-refractivity contribution in [3.8, 4) is 11.5 Å². The summed E-state index contributed by atoms with van der Waals surface area (Å²) in [6.45, 7) is 1.20. The van der Waals surface area contributed by atoms with Crippen LogP contribution in [0.25, 0.3) is 12.2 Å². The van der Waals surface area contributed by atoms with Crippen LogP contribution in [-0.2, 0) is 17.9 Å². The van der Waals surface area contributed by atoms with Crippen LogP contribution in [0.1, 0.15) is 41.5 Å². The molecule has 1 fully saturated rings. The highest BCUT2D eigenvalue weighted by Crippen LogP contribution is 2.30. The predicted molar refractivity (Wildman–Crippen MR) is 143 cm³/mol. The number of ketones is 1. The van der Waals surface area contributed by atoms with Gasteiger partial charge >= 0.3 is 0 Å². The van der Waals surface area contributed by atoms with Crippen molar-refractivity contribution in [1.29, 1.82) is 0 Å². The zero-order valence-corrected chi connectivity index (χ0v) is 21.1. The van der Waals surface area contributed by atoms with Gasteiger partial charge in [-0.3, -0.25) is 14.2 Å². The number of hydrogen-bond acceptors (Lipinski definition) is 5. The second-order valence-corrected chi connectivity index (χ2v) is 9.07. The van der Waals surface area contributed by atoms with Gasteiger partial charge < -0.3 is 9.47 Å². The lowest BCUT2D eigenvalue weighted by Gasteiger charge is -2.17. The molecule has 2 heterocycles. The Morgan fingerprint density at radius 2 is 1.27 bits per heavy atom. The number of aromatic nitrogens is 4. The first-order valence-corrected chi connectivity index (χ1v) is 12.4. The Balaban J connectivity index is 1.40. The van der Waals surface area contributed by atoms with E-state index in [-0.39, 0.29) is 5.78 Å². The minimum Gasteiger partial charge on any atom is -0.496 e. The van der Waals surface area contributed by atoms with E-state index in [9.17, 15) is 4.79 Å². The number of ether oxygens (including phenoxy) is 2. The largest absolute Gasteiger partial charge is 0.496 e. The smallest absolute Gasteiger partial charge is 0.185 e. The lowest BCUT2D eigenvalue weighted by atomic mass is 9.86. The molecular weight excluding hydrogens is 464 g/mol. The Kier molecular flexibility index (Phi) is 7.31. The van der Waals surface area contributed by atoms with E-state index in [1.165, 1.54) is 0 Å². The fourth-order valence-corrected chi connectivity index (χ4v) is 4.74. The van der Waals surface area contributed by atoms with E-state index in [0.717, 1.165) is 64.2 Å². The molecule has 0 saturated heterocycles. The standard InChI is InChI=1S/C30H30N4O3/c1-36-28-10-8-22(18-26(28)20-33-14-4-12-31-33)16-24-6-3-7-25(30(24)35)17-23-9-11-29(37-2)27(19-23)21-34-15-5-13-32-34/h4-5,8-19H,3,6-7,20-21H2,1-2H3/b24-16+,25-17+. The van der Waals surface area contributed by atoms with Crippen molar-refractivity contribution < 1.29 is 14.3 Å². The van der Waals surface area contributed by atoms with Crippen molar-refractivity contribution in [3.63, 3.8) is 0 Å². The molecule has 0 unspecified atom stereocenters. The maximum Gasteiger partial charge on any atom is 0.185 e. The van der Waals surface area contributed by atoms with Gasteiger partial charge in [0, 0.05) is 47.1 Å². The van der Waals surface area contributed by atoms with E-state index in [0.29, 0.717) is 13.1 Å². The zero-order chi connectivity index (χ0) is 25.6. The van der Waals surface area contributed by atoms with Crippen LogP contribution < -0.4 is 9.47 Å². The molecule has 7 nitrogen and oxygen atoms in total. The van der Waals surface area contributed by atoms with Crippen LogP contribution in [0.3, 0.4) is 0 Å². The molecule has 1 saturated carbocycles. The Morgan fingerprint density at radius 3 is 1.68 bits per heavy atom. The van der Waals surface area contributed by atoms with Gasteiger partial charge in [-0.25, -0.2) is 0 Å². The number of rotatable bonds is 8. The van der Waals surface area contributed by atoms with Crippen molar-refractivity contribution in [2.24, 2.45) is 0 Å². The van der Waals surface area contributed by atoms with Gasteiger partial charge in [-0.2, -0.15) is 10.2 Å². The van der Waals surface area contributed by atoms with Crippen LogP contribution >= 0.6 is 0 Å². The quantitative estimate of drug-likeness (QED) is 0.306. The second kappa shape index (κ2) is 11.1. The van der Waals surface area contributed by atoms with Gasteiger partial charge in [-0.05, 0) is 78.9 Å². The highest BCUT2D eigenvalue weighted by atomic mass is 16.5. The second-order valence-electron chi connectivity index (χ2n) is 9.07. The summed E-state index contributed by atoms with van der Waals surface area (Å²) in [5, 5.41) is 8.61. The Labute approximate surface area is 216 Å². The molecule has 0 radical (unpaired) electrons. The van der Waals surface area contributed by atoms with Gasteiger partial charge in [0.25, 0.3) is 0 Å². The fraction of sp³-hybridized carbons (Fsp3) is 0.233. The molecule has 4 aromatic rings. The monoisotopic (exact) mass is 494 g/mol. The number of carbonyl (C=O) groups is 1. The first-order chi connectivity index (χ1) is 18.1. The van der Waals surface area contributed by atoms with Crippen LogP contribution in [0.2, 0.25) is 0 Å². The molecule has 0 spiro atoms. The van der Waals surface area contributed by atoms with Crippen LogP contribution in [-0.4, -0.2) is 39.6 Å². The summed E-state index contributed by atoms with van der Waals surface area (Å²) in [6.07, 6.45) is 13.9. The topological polar surface area (TPSA) is 71.2 Å². The zero-order valence-electron chi connectivity index (χ0n) is 21.1. The maximum absolute atomic E-state index is 13.4. The Bertz CT molecular complexity index is 1330. The summed E-state index contributed by atoms with van der Waals surface area (Å²) in [5.74, 6) is 1.72. The van der Waals surface area contributed by atoms with Crippen LogP contribution in [0.5, 0.6) is 11.5 Å². The number of hydrogen-bond donors (Lipinski definition) is 0. The van der Waals surface area contributed by atoms with Crippen molar-refractivity contribution in [3.05, 3.63) is 107 Å². The van der Waals surface area contributed by atoms with Gasteiger partial charge in [0.2, 0.25) is 0 Å². The van der Waals surface area contributed by atoms with Gasteiger partial charge in [-0.1, -0.05) is 12.1 Å². The molecule has 0 amide bonds. The molecule has 0 aliphatic heterocycles. The van der Waals surface area contributed by atoms with Crippen molar-refractivity contribution in [2.75, 3.05) is 14.2 Å². The summed E-state index contributed by atoms with van der Waals surface area (Å²) in [5.41, 5.74) is 5.66. The third-order valence-electron chi connectivity index (χ3n) is 6.55. The van der Waals surface area contributed by atoms with Gasteiger partial charge in [0.15, 0.2) is 5.78 Å². The molecule has 7 heteroatoms. The molecule has 37 heavy (non-hydrogen) atoms. The number of benzene rings is 2. The average molecular weight is 495 g/mol. The minimum atomic E-state index is 0.111. The molecule has 0 atom stereocenters. The van der Waals surface area contributed by atoms with Gasteiger partial charge in [0.1, 0.15) is 11.5 Å². The van der Waals surface area contributed by atoms with Gasteiger partial charge in [-0.15, -0.1) is 0 Å². The number of methoxy groups -OCH3 is 2. The first kappa shape index (κ1) is 24.3. The first-order valence-electron chi connectivity index (χ1n) is 12.4. The third-order valence-corrected chi connectivity index (χ3v) is 6.55. The molecule has 1 aliphatic rings. The average Bonchev–Trinajstić information content (AvgIpc) is 3.62. The van der Waals surface area contributed by atoms with Crippen molar-refractivity contribution in [1.82, 2.24) is 19.6 Å². The predicted octanol–water partition coefficient (Wildman–Crippen LogP) is 5.41. The van der Waals surface area contributed by atoms with E-state index in [2.05, 4.69) is 22.3 Å². The molecule has 5 rings (SSSR count). The lowest BCUT2D eigenvalue weighted by Crippen LogP contribution is -2.12. The van der Waals surface area contributed by atoms with Crippen molar-refractivity contribution in [2.45, 2.75) is 32.4 Å². The highest BCUT2D eigenvalue weighted by Gasteiger charge is 2.21. The third kappa shape index (κ3) is 5.72. The molecule has 0 N–H and O–H groups in total. The Morgan fingerprint density at radius 1 is 0.784 bits per heavy atom. The molecule has 2 aromatic carbocycles. The molecule has 0 bridgehead atoms. The highest BCUT2D eigenvalue weighted by molar-refractivity contribution is 6.14. The molecule has 188 valence electrons. The summed E-state index contributed by atoms with van der Waals surface area (Å²) in [4.78, 5) is 13.4. The normalized spacial score (nSPS) is 15.9. The minimum absolute atomic E-state index is 0.111. The molecule has 1 aliphatic carbocycles. The van der Waals surface area contributed by atoms with E-state index in [4.69, 9.17) is 9.47 Å².